The SMILES string of the molecule is Cc1ccc(NC(=O)N2CCN(c3ccc(F)nc3)CC2)nc1. The van der Waals surface area contributed by atoms with Gasteiger partial charge in [0.15, 0.2) is 0 Å². The largest absolute Gasteiger partial charge is 0.367 e. The van der Waals surface area contributed by atoms with Crippen molar-refractivity contribution in [2.45, 2.75) is 6.92 Å². The van der Waals surface area contributed by atoms with Crippen LogP contribution in [0.15, 0.2) is 36.7 Å². The van der Waals surface area contributed by atoms with Crippen molar-refractivity contribution in [1.29, 1.82) is 0 Å². The van der Waals surface area contributed by atoms with E-state index in [0.29, 0.717) is 32.0 Å². The van der Waals surface area contributed by atoms with Crippen LogP contribution in [0.1, 0.15) is 5.56 Å². The van der Waals surface area contributed by atoms with Crippen LogP contribution in [0, 0.1) is 12.9 Å². The Bertz CT molecular complexity index is 666. The van der Waals surface area contributed by atoms with Gasteiger partial charge < -0.3 is 9.80 Å². The molecule has 3 heterocycles. The van der Waals surface area contributed by atoms with E-state index in [9.17, 15) is 9.18 Å². The number of pyridine rings is 2. The second-order valence-electron chi connectivity index (χ2n) is 5.46. The van der Waals surface area contributed by atoms with Crippen LogP contribution in [-0.2, 0) is 0 Å². The summed E-state index contributed by atoms with van der Waals surface area (Å²) in [5.74, 6) is 0.0584. The third-order valence-corrected chi connectivity index (χ3v) is 3.79. The molecule has 0 unspecified atom stereocenters. The van der Waals surface area contributed by atoms with Crippen molar-refractivity contribution in [3.05, 3.63) is 48.2 Å². The first-order chi connectivity index (χ1) is 11.1. The monoisotopic (exact) mass is 315 g/mol. The van der Waals surface area contributed by atoms with Crippen molar-refractivity contribution in [2.24, 2.45) is 0 Å². The van der Waals surface area contributed by atoms with E-state index in [1.54, 1.807) is 23.2 Å². The Kier molecular flexibility index (Phi) is 4.36. The lowest BCUT2D eigenvalue weighted by Crippen LogP contribution is -2.50. The van der Waals surface area contributed by atoms with E-state index in [1.165, 1.54) is 12.3 Å². The minimum atomic E-state index is -0.489. The van der Waals surface area contributed by atoms with Gasteiger partial charge in [-0.1, -0.05) is 6.07 Å². The van der Waals surface area contributed by atoms with Crippen LogP contribution in [0.3, 0.4) is 0 Å². The molecule has 7 heteroatoms. The van der Waals surface area contributed by atoms with Crippen molar-refractivity contribution in [1.82, 2.24) is 14.9 Å². The van der Waals surface area contributed by atoms with Crippen LogP contribution < -0.4 is 10.2 Å². The van der Waals surface area contributed by atoms with Crippen molar-refractivity contribution in [2.75, 3.05) is 36.4 Å². The molecule has 6 nitrogen and oxygen atoms in total. The Balaban J connectivity index is 1.54. The number of hydrogen-bond donors (Lipinski definition) is 1. The molecule has 0 spiro atoms. The molecule has 1 aliphatic heterocycles. The summed E-state index contributed by atoms with van der Waals surface area (Å²) >= 11 is 0. The van der Waals surface area contributed by atoms with Gasteiger partial charge in [-0.3, -0.25) is 5.32 Å². The highest BCUT2D eigenvalue weighted by Crippen LogP contribution is 2.16. The molecule has 1 fully saturated rings. The summed E-state index contributed by atoms with van der Waals surface area (Å²) < 4.78 is 12.9. The van der Waals surface area contributed by atoms with Gasteiger partial charge in [0.1, 0.15) is 5.82 Å². The van der Waals surface area contributed by atoms with Crippen LogP contribution in [0.4, 0.5) is 20.7 Å². The molecule has 1 saturated heterocycles. The molecule has 0 saturated carbocycles. The zero-order valence-electron chi connectivity index (χ0n) is 12.9. The second kappa shape index (κ2) is 6.60. The first-order valence-electron chi connectivity index (χ1n) is 7.47. The number of aromatic nitrogens is 2. The molecule has 1 N–H and O–H groups in total. The first kappa shape index (κ1) is 15.2. The summed E-state index contributed by atoms with van der Waals surface area (Å²) in [5.41, 5.74) is 1.91. The van der Waals surface area contributed by atoms with Gasteiger partial charge in [-0.25, -0.2) is 14.8 Å². The lowest BCUT2D eigenvalue weighted by atomic mass is 10.3. The predicted molar refractivity (Wildman–Crippen MR) is 86.0 cm³/mol. The Hall–Kier alpha value is -2.70. The van der Waals surface area contributed by atoms with E-state index in [-0.39, 0.29) is 6.03 Å². The number of aryl methyl sites for hydroxylation is 1. The van der Waals surface area contributed by atoms with E-state index < -0.39 is 5.95 Å². The maximum absolute atomic E-state index is 12.9. The quantitative estimate of drug-likeness (QED) is 0.864. The van der Waals surface area contributed by atoms with E-state index in [1.807, 2.05) is 13.0 Å². The Labute approximate surface area is 134 Å². The molecular formula is C16H18FN5O. The van der Waals surface area contributed by atoms with E-state index >= 15 is 0 Å². The molecule has 2 amide bonds. The van der Waals surface area contributed by atoms with Gasteiger partial charge in [0.2, 0.25) is 5.95 Å². The van der Waals surface area contributed by atoms with Gasteiger partial charge >= 0.3 is 6.03 Å². The van der Waals surface area contributed by atoms with E-state index in [0.717, 1.165) is 11.3 Å². The molecule has 0 radical (unpaired) electrons. The van der Waals surface area contributed by atoms with Gasteiger partial charge in [0, 0.05) is 32.4 Å². The van der Waals surface area contributed by atoms with Crippen LogP contribution in [0.5, 0.6) is 0 Å². The van der Waals surface area contributed by atoms with Crippen molar-refractivity contribution in [3.63, 3.8) is 0 Å². The molecule has 0 aliphatic carbocycles. The highest BCUT2D eigenvalue weighted by molar-refractivity contribution is 5.88. The number of carbonyl (C=O) groups is 1. The summed E-state index contributed by atoms with van der Waals surface area (Å²) in [6.45, 7) is 4.50. The molecule has 0 atom stereocenters. The number of carbonyl (C=O) groups excluding carboxylic acids is 1. The molecule has 2 aromatic heterocycles. The number of amides is 2. The number of hydrogen-bond acceptors (Lipinski definition) is 4. The molecule has 120 valence electrons. The number of nitrogens with zero attached hydrogens (tertiary/aromatic N) is 4. The van der Waals surface area contributed by atoms with Crippen LogP contribution >= 0.6 is 0 Å². The molecular weight excluding hydrogens is 297 g/mol. The fourth-order valence-electron chi connectivity index (χ4n) is 2.45. The van der Waals surface area contributed by atoms with Crippen LogP contribution in [-0.4, -0.2) is 47.1 Å². The molecule has 23 heavy (non-hydrogen) atoms. The molecule has 2 aromatic rings. The van der Waals surface area contributed by atoms with Crippen LogP contribution in [0.25, 0.3) is 0 Å². The van der Waals surface area contributed by atoms with Gasteiger partial charge in [-0.2, -0.15) is 4.39 Å². The van der Waals surface area contributed by atoms with Crippen molar-refractivity contribution >= 4 is 17.5 Å². The average Bonchev–Trinajstić information content (AvgIpc) is 2.58. The summed E-state index contributed by atoms with van der Waals surface area (Å²) in [6.07, 6.45) is 3.23. The first-order valence-corrected chi connectivity index (χ1v) is 7.47. The molecule has 3 rings (SSSR count). The normalized spacial score (nSPS) is 14.7. The Morgan fingerprint density at radius 2 is 1.87 bits per heavy atom. The summed E-state index contributed by atoms with van der Waals surface area (Å²) in [5, 5.41) is 2.80. The number of rotatable bonds is 2. The standard InChI is InChI=1S/C16H18FN5O/c1-12-2-5-15(19-10-12)20-16(23)22-8-6-21(7-9-22)13-3-4-14(17)18-11-13/h2-5,10-11H,6-9H2,1H3,(H,19,20,23). The maximum atomic E-state index is 12.9. The molecule has 0 aromatic carbocycles. The number of anilines is 2. The number of urea groups is 1. The summed E-state index contributed by atoms with van der Waals surface area (Å²) in [7, 11) is 0. The second-order valence-corrected chi connectivity index (χ2v) is 5.46. The van der Waals surface area contributed by atoms with Crippen molar-refractivity contribution < 1.29 is 9.18 Å². The fraction of sp³-hybridized carbons (Fsp3) is 0.312. The summed E-state index contributed by atoms with van der Waals surface area (Å²) in [4.78, 5) is 23.9. The molecule has 0 bridgehead atoms. The Morgan fingerprint density at radius 1 is 1.09 bits per heavy atom. The highest BCUT2D eigenvalue weighted by Gasteiger charge is 2.21. The third kappa shape index (κ3) is 3.74. The fourth-order valence-corrected chi connectivity index (χ4v) is 2.45. The topological polar surface area (TPSA) is 61.4 Å². The maximum Gasteiger partial charge on any atom is 0.323 e. The minimum absolute atomic E-state index is 0.154. The van der Waals surface area contributed by atoms with Gasteiger partial charge in [-0.15, -0.1) is 0 Å². The predicted octanol–water partition coefficient (Wildman–Crippen LogP) is 2.28. The van der Waals surface area contributed by atoms with Gasteiger partial charge in [-0.05, 0) is 30.7 Å². The molecule has 1 aliphatic rings. The summed E-state index contributed by atoms with van der Waals surface area (Å²) in [6, 6.07) is 6.58. The van der Waals surface area contributed by atoms with E-state index in [4.69, 9.17) is 0 Å². The number of piperazine rings is 1. The van der Waals surface area contributed by atoms with E-state index in [2.05, 4.69) is 20.2 Å². The number of nitrogens with one attached hydrogen (secondary N) is 1. The number of halogens is 1. The zero-order valence-corrected chi connectivity index (χ0v) is 12.9. The van der Waals surface area contributed by atoms with Gasteiger partial charge in [0.05, 0.1) is 11.9 Å². The third-order valence-electron chi connectivity index (χ3n) is 3.79. The Morgan fingerprint density at radius 3 is 2.48 bits per heavy atom. The minimum Gasteiger partial charge on any atom is -0.367 e. The van der Waals surface area contributed by atoms with Crippen molar-refractivity contribution in [3.8, 4) is 0 Å². The zero-order chi connectivity index (χ0) is 16.2. The van der Waals surface area contributed by atoms with Crippen LogP contribution in [0.2, 0.25) is 0 Å². The smallest absolute Gasteiger partial charge is 0.323 e. The average molecular weight is 315 g/mol. The highest BCUT2D eigenvalue weighted by atomic mass is 19.1. The lowest BCUT2D eigenvalue weighted by Gasteiger charge is -2.35. The van der Waals surface area contributed by atoms with Gasteiger partial charge in [0.25, 0.3) is 0 Å². The lowest BCUT2D eigenvalue weighted by molar-refractivity contribution is 0.208.